The van der Waals surface area contributed by atoms with E-state index in [9.17, 15) is 4.79 Å². The van der Waals surface area contributed by atoms with Crippen molar-refractivity contribution >= 4 is 5.91 Å². The predicted molar refractivity (Wildman–Crippen MR) is 67.5 cm³/mol. The highest BCUT2D eigenvalue weighted by Gasteiger charge is 2.36. The Labute approximate surface area is 107 Å². The van der Waals surface area contributed by atoms with Gasteiger partial charge < -0.3 is 15.6 Å². The lowest BCUT2D eigenvalue weighted by atomic mass is 9.79. The summed E-state index contributed by atoms with van der Waals surface area (Å²) in [5, 5.41) is 6.54. The minimum absolute atomic E-state index is 0.0586. The number of amides is 1. The molecule has 1 fully saturated rings. The van der Waals surface area contributed by atoms with Gasteiger partial charge in [0.15, 0.2) is 5.76 Å². The van der Waals surface area contributed by atoms with E-state index in [0.29, 0.717) is 18.8 Å². The molecule has 0 aliphatic heterocycles. The van der Waals surface area contributed by atoms with Gasteiger partial charge in [0.25, 0.3) is 0 Å². The van der Waals surface area contributed by atoms with Crippen LogP contribution in [0.5, 0.6) is 0 Å². The van der Waals surface area contributed by atoms with Gasteiger partial charge in [-0.1, -0.05) is 30.8 Å². The van der Waals surface area contributed by atoms with Crippen molar-refractivity contribution in [1.82, 2.24) is 10.5 Å². The molecule has 0 radical (unpaired) electrons. The van der Waals surface area contributed by atoms with E-state index in [1.807, 2.05) is 0 Å². The summed E-state index contributed by atoms with van der Waals surface area (Å²) < 4.78 is 4.97. The van der Waals surface area contributed by atoms with Gasteiger partial charge in [0.05, 0.1) is 18.2 Å². The molecule has 2 rings (SSSR count). The van der Waals surface area contributed by atoms with Crippen molar-refractivity contribution in [2.24, 2.45) is 11.1 Å². The third kappa shape index (κ3) is 2.90. The highest BCUT2D eigenvalue weighted by atomic mass is 16.5. The van der Waals surface area contributed by atoms with Gasteiger partial charge in [0.2, 0.25) is 5.91 Å². The zero-order valence-corrected chi connectivity index (χ0v) is 10.7. The van der Waals surface area contributed by atoms with E-state index in [2.05, 4.69) is 10.5 Å². The Morgan fingerprint density at radius 3 is 2.67 bits per heavy atom. The van der Waals surface area contributed by atoms with Gasteiger partial charge in [0.1, 0.15) is 0 Å². The van der Waals surface area contributed by atoms with Crippen LogP contribution < -0.4 is 11.1 Å². The first-order valence-corrected chi connectivity index (χ1v) is 6.65. The summed E-state index contributed by atoms with van der Waals surface area (Å²) in [6.45, 7) is 0.815. The van der Waals surface area contributed by atoms with Crippen LogP contribution in [0, 0.1) is 5.41 Å². The maximum absolute atomic E-state index is 12.3. The van der Waals surface area contributed by atoms with Crippen LogP contribution in [0.1, 0.15) is 44.3 Å². The number of nitrogens with zero attached hydrogens (tertiary/aromatic N) is 1. The number of hydrogen-bond donors (Lipinski definition) is 2. The summed E-state index contributed by atoms with van der Waals surface area (Å²) >= 11 is 0. The quantitative estimate of drug-likeness (QED) is 0.796. The molecular formula is C13H21N3O2. The summed E-state index contributed by atoms with van der Waals surface area (Å²) in [5.74, 6) is 0.729. The normalized spacial score (nSPS) is 19.2. The zero-order valence-electron chi connectivity index (χ0n) is 10.7. The molecule has 5 nitrogen and oxygen atoms in total. The van der Waals surface area contributed by atoms with E-state index < -0.39 is 0 Å². The fraction of sp³-hybridized carbons (Fsp3) is 0.692. The second kappa shape index (κ2) is 6.00. The second-order valence-corrected chi connectivity index (χ2v) is 5.06. The lowest BCUT2D eigenvalue weighted by molar-refractivity contribution is -0.131. The summed E-state index contributed by atoms with van der Waals surface area (Å²) in [5.41, 5.74) is 5.48. The van der Waals surface area contributed by atoms with Gasteiger partial charge in [-0.3, -0.25) is 4.79 Å². The molecule has 100 valence electrons. The van der Waals surface area contributed by atoms with Crippen LogP contribution in [0.4, 0.5) is 0 Å². The third-order valence-electron chi connectivity index (χ3n) is 3.85. The van der Waals surface area contributed by atoms with Crippen LogP contribution in [-0.2, 0) is 11.3 Å². The van der Waals surface area contributed by atoms with Gasteiger partial charge in [-0.05, 0) is 12.8 Å². The molecule has 1 heterocycles. The zero-order chi connectivity index (χ0) is 12.8. The first-order valence-electron chi connectivity index (χ1n) is 6.65. The summed E-state index contributed by atoms with van der Waals surface area (Å²) in [4.78, 5) is 12.3. The smallest absolute Gasteiger partial charge is 0.227 e. The first kappa shape index (κ1) is 13.1. The predicted octanol–water partition coefficient (Wildman–Crippen LogP) is 1.59. The van der Waals surface area contributed by atoms with E-state index in [4.69, 9.17) is 10.3 Å². The Morgan fingerprint density at radius 1 is 1.39 bits per heavy atom. The fourth-order valence-electron chi connectivity index (χ4n) is 2.62. The van der Waals surface area contributed by atoms with Gasteiger partial charge in [-0.15, -0.1) is 0 Å². The minimum Gasteiger partial charge on any atom is -0.360 e. The van der Waals surface area contributed by atoms with Gasteiger partial charge in [-0.25, -0.2) is 0 Å². The lowest BCUT2D eigenvalue weighted by Crippen LogP contribution is -2.45. The Bertz CT molecular complexity index is 368. The number of nitrogens with two attached hydrogens (primary N) is 1. The largest absolute Gasteiger partial charge is 0.360 e. The SMILES string of the molecule is NCC1(C(=O)NCc2ccno2)CCCCCC1. The van der Waals surface area contributed by atoms with Crippen molar-refractivity contribution in [3.05, 3.63) is 18.0 Å². The summed E-state index contributed by atoms with van der Waals surface area (Å²) in [6.07, 6.45) is 7.96. The number of hydrogen-bond acceptors (Lipinski definition) is 4. The fourth-order valence-corrected chi connectivity index (χ4v) is 2.62. The third-order valence-corrected chi connectivity index (χ3v) is 3.85. The number of carbonyl (C=O) groups excluding carboxylic acids is 1. The Morgan fingerprint density at radius 2 is 2.11 bits per heavy atom. The molecule has 0 atom stereocenters. The minimum atomic E-state index is -0.378. The Balaban J connectivity index is 1.95. The Hall–Kier alpha value is -1.36. The van der Waals surface area contributed by atoms with Crippen molar-refractivity contribution in [3.8, 4) is 0 Å². The molecule has 18 heavy (non-hydrogen) atoms. The molecule has 3 N–H and O–H groups in total. The molecule has 0 bridgehead atoms. The average molecular weight is 251 g/mol. The maximum Gasteiger partial charge on any atom is 0.227 e. The highest BCUT2D eigenvalue weighted by Crippen LogP contribution is 2.34. The number of rotatable bonds is 4. The molecule has 5 heteroatoms. The van der Waals surface area contributed by atoms with E-state index in [1.54, 1.807) is 12.3 Å². The monoisotopic (exact) mass is 251 g/mol. The van der Waals surface area contributed by atoms with E-state index in [-0.39, 0.29) is 11.3 Å². The van der Waals surface area contributed by atoms with Crippen molar-refractivity contribution < 1.29 is 9.32 Å². The summed E-state index contributed by atoms with van der Waals surface area (Å²) in [7, 11) is 0. The lowest BCUT2D eigenvalue weighted by Gasteiger charge is -2.29. The van der Waals surface area contributed by atoms with Crippen molar-refractivity contribution in [2.45, 2.75) is 45.1 Å². The van der Waals surface area contributed by atoms with Crippen molar-refractivity contribution in [1.29, 1.82) is 0 Å². The Kier molecular flexibility index (Phi) is 4.36. The molecular weight excluding hydrogens is 230 g/mol. The second-order valence-electron chi connectivity index (χ2n) is 5.06. The number of nitrogens with one attached hydrogen (secondary N) is 1. The molecule has 1 aromatic rings. The topological polar surface area (TPSA) is 81.2 Å². The van der Waals surface area contributed by atoms with Gasteiger partial charge >= 0.3 is 0 Å². The van der Waals surface area contributed by atoms with Crippen LogP contribution in [-0.4, -0.2) is 17.6 Å². The summed E-state index contributed by atoms with van der Waals surface area (Å²) in [6, 6.07) is 1.75. The molecule has 1 amide bonds. The molecule has 0 saturated heterocycles. The number of carbonyl (C=O) groups is 1. The standard InChI is InChI=1S/C13H21N3O2/c14-10-13(6-3-1-2-4-7-13)12(17)15-9-11-5-8-16-18-11/h5,8H,1-4,6-7,9-10,14H2,(H,15,17). The highest BCUT2D eigenvalue weighted by molar-refractivity contribution is 5.82. The molecule has 0 aromatic carbocycles. The van der Waals surface area contributed by atoms with Crippen LogP contribution in [0.2, 0.25) is 0 Å². The van der Waals surface area contributed by atoms with E-state index >= 15 is 0 Å². The van der Waals surface area contributed by atoms with Crippen LogP contribution in [0.25, 0.3) is 0 Å². The average Bonchev–Trinajstić information content (AvgIpc) is 2.79. The maximum atomic E-state index is 12.3. The van der Waals surface area contributed by atoms with Gasteiger partial charge in [-0.2, -0.15) is 0 Å². The molecule has 1 saturated carbocycles. The van der Waals surface area contributed by atoms with Crippen molar-refractivity contribution in [2.75, 3.05) is 6.54 Å². The van der Waals surface area contributed by atoms with Crippen molar-refractivity contribution in [3.63, 3.8) is 0 Å². The van der Waals surface area contributed by atoms with Gasteiger partial charge in [0, 0.05) is 12.6 Å². The number of aromatic nitrogens is 1. The molecule has 1 aliphatic carbocycles. The van der Waals surface area contributed by atoms with Crippen LogP contribution in [0.15, 0.2) is 16.8 Å². The molecule has 1 aliphatic rings. The van der Waals surface area contributed by atoms with E-state index in [0.717, 1.165) is 25.7 Å². The molecule has 0 spiro atoms. The molecule has 0 unspecified atom stereocenters. The van der Waals surface area contributed by atoms with Crippen LogP contribution >= 0.6 is 0 Å². The molecule has 1 aromatic heterocycles. The van der Waals surface area contributed by atoms with E-state index in [1.165, 1.54) is 12.8 Å². The first-order chi connectivity index (χ1) is 8.77. The van der Waals surface area contributed by atoms with Crippen LogP contribution in [0.3, 0.4) is 0 Å².